The second kappa shape index (κ2) is 8.40. The zero-order valence-corrected chi connectivity index (χ0v) is 11.2. The normalized spacial score (nSPS) is 13.5. The molecular formula is C13H22N2O3. The van der Waals surface area contributed by atoms with Crippen molar-refractivity contribution in [3.8, 4) is 12.3 Å². The van der Waals surface area contributed by atoms with Crippen LogP contribution in [0.15, 0.2) is 0 Å². The maximum atomic E-state index is 11.5. The van der Waals surface area contributed by atoms with Gasteiger partial charge in [-0.3, -0.25) is 4.79 Å². The molecule has 0 aliphatic heterocycles. The molecule has 0 spiro atoms. The number of carboxylic acid groups (broad SMARTS) is 1. The molecule has 0 fully saturated rings. The lowest BCUT2D eigenvalue weighted by atomic mass is 9.97. The number of nitrogens with one attached hydrogen (secondary N) is 2. The molecule has 102 valence electrons. The van der Waals surface area contributed by atoms with Crippen molar-refractivity contribution in [2.24, 2.45) is 11.8 Å². The Labute approximate surface area is 108 Å². The van der Waals surface area contributed by atoms with Crippen LogP contribution in [0.4, 0.5) is 4.79 Å². The molecule has 0 aliphatic rings. The Kier molecular flexibility index (Phi) is 7.61. The average molecular weight is 254 g/mol. The van der Waals surface area contributed by atoms with Crippen LogP contribution in [0.1, 0.15) is 33.6 Å². The fraction of sp³-hybridized carbons (Fsp3) is 0.692. The van der Waals surface area contributed by atoms with Crippen LogP contribution in [0.25, 0.3) is 0 Å². The molecule has 0 heterocycles. The molecule has 0 aliphatic carbocycles. The maximum Gasteiger partial charge on any atom is 0.315 e. The van der Waals surface area contributed by atoms with E-state index in [0.29, 0.717) is 12.8 Å². The smallest absolute Gasteiger partial charge is 0.315 e. The van der Waals surface area contributed by atoms with Gasteiger partial charge in [0.2, 0.25) is 0 Å². The van der Waals surface area contributed by atoms with Gasteiger partial charge >= 0.3 is 12.0 Å². The molecule has 2 amide bonds. The molecule has 3 N–H and O–H groups in total. The molecule has 0 saturated carbocycles. The highest BCUT2D eigenvalue weighted by Gasteiger charge is 2.19. The van der Waals surface area contributed by atoms with E-state index < -0.39 is 11.9 Å². The third-order valence-corrected chi connectivity index (χ3v) is 2.42. The van der Waals surface area contributed by atoms with Crippen LogP contribution in [0, 0.1) is 24.2 Å². The van der Waals surface area contributed by atoms with E-state index in [2.05, 4.69) is 16.6 Å². The van der Waals surface area contributed by atoms with Crippen LogP contribution < -0.4 is 10.6 Å². The van der Waals surface area contributed by atoms with Gasteiger partial charge in [-0.05, 0) is 19.3 Å². The van der Waals surface area contributed by atoms with Crippen LogP contribution >= 0.6 is 0 Å². The number of terminal acetylenes is 1. The van der Waals surface area contributed by atoms with Gasteiger partial charge in [0, 0.05) is 19.0 Å². The molecule has 0 aromatic heterocycles. The molecule has 5 heteroatoms. The Morgan fingerprint density at radius 1 is 1.33 bits per heavy atom. The Balaban J connectivity index is 4.08. The molecule has 5 nitrogen and oxygen atoms in total. The summed E-state index contributed by atoms with van der Waals surface area (Å²) in [4.78, 5) is 22.4. The minimum Gasteiger partial charge on any atom is -0.481 e. The summed E-state index contributed by atoms with van der Waals surface area (Å²) >= 11 is 0. The molecule has 0 rings (SSSR count). The van der Waals surface area contributed by atoms with E-state index in [1.165, 1.54) is 0 Å². The summed E-state index contributed by atoms with van der Waals surface area (Å²) in [6, 6.07) is -0.504. The van der Waals surface area contributed by atoms with Gasteiger partial charge in [-0.1, -0.05) is 13.8 Å². The van der Waals surface area contributed by atoms with Crippen molar-refractivity contribution in [1.82, 2.24) is 10.6 Å². The highest BCUT2D eigenvalue weighted by Crippen LogP contribution is 2.10. The van der Waals surface area contributed by atoms with E-state index in [0.717, 1.165) is 0 Å². The van der Waals surface area contributed by atoms with Gasteiger partial charge < -0.3 is 15.7 Å². The van der Waals surface area contributed by atoms with E-state index in [1.54, 1.807) is 6.92 Å². The fourth-order valence-electron chi connectivity index (χ4n) is 1.56. The predicted octanol–water partition coefficient (Wildman–Crippen LogP) is 1.44. The van der Waals surface area contributed by atoms with Crippen LogP contribution in [0.3, 0.4) is 0 Å². The minimum absolute atomic E-state index is 0.122. The number of aliphatic carboxylic acids is 1. The number of carboxylic acids is 1. The second-order valence-corrected chi connectivity index (χ2v) is 4.83. The van der Waals surface area contributed by atoms with E-state index in [9.17, 15) is 9.59 Å². The molecular weight excluding hydrogens is 232 g/mol. The van der Waals surface area contributed by atoms with Gasteiger partial charge in [0.1, 0.15) is 0 Å². The summed E-state index contributed by atoms with van der Waals surface area (Å²) in [5.74, 6) is 1.27. The van der Waals surface area contributed by atoms with Crippen molar-refractivity contribution in [2.45, 2.75) is 39.7 Å². The number of urea groups is 1. The van der Waals surface area contributed by atoms with Crippen molar-refractivity contribution in [2.75, 3.05) is 6.54 Å². The van der Waals surface area contributed by atoms with Gasteiger partial charge in [-0.2, -0.15) is 0 Å². The van der Waals surface area contributed by atoms with E-state index >= 15 is 0 Å². The van der Waals surface area contributed by atoms with Gasteiger partial charge in [-0.15, -0.1) is 12.3 Å². The molecule has 2 atom stereocenters. The quantitative estimate of drug-likeness (QED) is 0.602. The highest BCUT2D eigenvalue weighted by atomic mass is 16.4. The van der Waals surface area contributed by atoms with Crippen molar-refractivity contribution < 1.29 is 14.7 Å². The number of rotatable bonds is 7. The lowest BCUT2D eigenvalue weighted by Crippen LogP contribution is -2.43. The average Bonchev–Trinajstić information content (AvgIpc) is 2.23. The van der Waals surface area contributed by atoms with E-state index in [1.807, 2.05) is 13.8 Å². The zero-order valence-electron chi connectivity index (χ0n) is 11.2. The predicted molar refractivity (Wildman–Crippen MR) is 70.0 cm³/mol. The van der Waals surface area contributed by atoms with Crippen molar-refractivity contribution >= 4 is 12.0 Å². The second-order valence-electron chi connectivity index (χ2n) is 4.83. The summed E-state index contributed by atoms with van der Waals surface area (Å²) in [5.41, 5.74) is 0. The maximum absolute atomic E-state index is 11.5. The molecule has 18 heavy (non-hydrogen) atoms. The summed E-state index contributed by atoms with van der Waals surface area (Å²) in [5, 5.41) is 14.2. The molecule has 0 bridgehead atoms. The SMILES string of the molecule is C#CCC(C)NC(=O)NCC(CC(C)C)C(=O)O. The van der Waals surface area contributed by atoms with Gasteiger partial charge in [0.25, 0.3) is 0 Å². The van der Waals surface area contributed by atoms with Crippen LogP contribution in [0.2, 0.25) is 0 Å². The first kappa shape index (κ1) is 16.3. The summed E-state index contributed by atoms with van der Waals surface area (Å²) in [6.45, 7) is 5.82. The van der Waals surface area contributed by atoms with Gasteiger partial charge in [0.15, 0.2) is 0 Å². The molecule has 0 aromatic rings. The molecule has 0 saturated heterocycles. The lowest BCUT2D eigenvalue weighted by molar-refractivity contribution is -0.142. The molecule has 0 aromatic carbocycles. The van der Waals surface area contributed by atoms with Gasteiger partial charge in [0.05, 0.1) is 5.92 Å². The third-order valence-electron chi connectivity index (χ3n) is 2.42. The standard InChI is InChI=1S/C13H22N2O3/c1-5-6-10(4)15-13(18)14-8-11(12(16)17)7-9(2)3/h1,9-11H,6-8H2,2-4H3,(H,16,17)(H2,14,15,18). The van der Waals surface area contributed by atoms with Crippen LogP contribution in [-0.2, 0) is 4.79 Å². The zero-order chi connectivity index (χ0) is 14.1. The van der Waals surface area contributed by atoms with E-state index in [4.69, 9.17) is 11.5 Å². The van der Waals surface area contributed by atoms with Crippen molar-refractivity contribution in [3.63, 3.8) is 0 Å². The Hall–Kier alpha value is -1.70. The number of carbonyl (C=O) groups is 2. The summed E-state index contributed by atoms with van der Waals surface area (Å²) in [7, 11) is 0. The summed E-state index contributed by atoms with van der Waals surface area (Å²) in [6.07, 6.45) is 6.11. The van der Waals surface area contributed by atoms with Crippen LogP contribution in [-0.4, -0.2) is 29.7 Å². The van der Waals surface area contributed by atoms with Crippen LogP contribution in [0.5, 0.6) is 0 Å². The first-order valence-corrected chi connectivity index (χ1v) is 6.07. The summed E-state index contributed by atoms with van der Waals surface area (Å²) < 4.78 is 0. The first-order valence-electron chi connectivity index (χ1n) is 6.07. The third kappa shape index (κ3) is 7.55. The lowest BCUT2D eigenvalue weighted by Gasteiger charge is -2.17. The topological polar surface area (TPSA) is 78.4 Å². The molecule has 2 unspecified atom stereocenters. The van der Waals surface area contributed by atoms with Crippen molar-refractivity contribution in [3.05, 3.63) is 0 Å². The van der Waals surface area contributed by atoms with E-state index in [-0.39, 0.29) is 24.5 Å². The monoisotopic (exact) mass is 254 g/mol. The largest absolute Gasteiger partial charge is 0.481 e. The number of amides is 2. The Bertz CT molecular complexity index is 321. The fourth-order valence-corrected chi connectivity index (χ4v) is 1.56. The van der Waals surface area contributed by atoms with Crippen molar-refractivity contribution in [1.29, 1.82) is 0 Å². The molecule has 0 radical (unpaired) electrons. The minimum atomic E-state index is -0.888. The van der Waals surface area contributed by atoms with Gasteiger partial charge in [-0.25, -0.2) is 4.79 Å². The highest BCUT2D eigenvalue weighted by molar-refractivity contribution is 5.76. The number of hydrogen-bond acceptors (Lipinski definition) is 2. The Morgan fingerprint density at radius 3 is 2.39 bits per heavy atom. The first-order chi connectivity index (χ1) is 8.36. The number of hydrogen-bond donors (Lipinski definition) is 3. The number of carbonyl (C=O) groups excluding carboxylic acids is 1. The Morgan fingerprint density at radius 2 is 1.94 bits per heavy atom.